The molecule has 0 fully saturated rings. The number of aromatic nitrogens is 2. The highest BCUT2D eigenvalue weighted by molar-refractivity contribution is 7.99. The maximum absolute atomic E-state index is 11.9. The second-order valence-electron chi connectivity index (χ2n) is 3.58. The molecule has 1 heterocycles. The van der Waals surface area contributed by atoms with Gasteiger partial charge in [-0.05, 0) is 12.7 Å². The number of nitrogens with zero attached hydrogens (tertiary/aromatic N) is 3. The smallest absolute Gasteiger partial charge is 0.246 e. The molecule has 0 atom stereocenters. The first-order chi connectivity index (χ1) is 8.71. The lowest BCUT2D eigenvalue weighted by atomic mass is 10.4. The van der Waals surface area contributed by atoms with Gasteiger partial charge in [-0.25, -0.2) is 0 Å². The van der Waals surface area contributed by atoms with Crippen LogP contribution in [0.2, 0.25) is 0 Å². The van der Waals surface area contributed by atoms with Gasteiger partial charge < -0.3 is 14.2 Å². The molecule has 0 bridgehead atoms. The molecule has 0 radical (unpaired) electrons. The molecule has 0 N–H and O–H groups in total. The van der Waals surface area contributed by atoms with Crippen LogP contribution in [0.4, 0.5) is 0 Å². The second kappa shape index (κ2) is 8.10. The van der Waals surface area contributed by atoms with Crippen molar-refractivity contribution in [1.82, 2.24) is 15.0 Å². The molecule has 0 saturated carbocycles. The van der Waals surface area contributed by atoms with Gasteiger partial charge in [0.15, 0.2) is 5.82 Å². The third kappa shape index (κ3) is 4.66. The van der Waals surface area contributed by atoms with E-state index in [0.29, 0.717) is 37.2 Å². The van der Waals surface area contributed by atoms with E-state index in [4.69, 9.17) is 9.26 Å². The Labute approximate surface area is 111 Å². The van der Waals surface area contributed by atoms with Crippen LogP contribution < -0.4 is 0 Å². The molecule has 0 unspecified atom stereocenters. The fourth-order valence-corrected chi connectivity index (χ4v) is 1.92. The van der Waals surface area contributed by atoms with E-state index in [2.05, 4.69) is 10.1 Å². The van der Waals surface area contributed by atoms with E-state index >= 15 is 0 Å². The van der Waals surface area contributed by atoms with E-state index in [1.54, 1.807) is 23.8 Å². The Bertz CT molecular complexity index is 370. The van der Waals surface area contributed by atoms with Crippen molar-refractivity contribution in [3.63, 3.8) is 0 Å². The van der Waals surface area contributed by atoms with Gasteiger partial charge in [-0.15, -0.1) is 0 Å². The van der Waals surface area contributed by atoms with Crippen LogP contribution in [-0.2, 0) is 22.7 Å². The molecule has 0 aromatic carbocycles. The summed E-state index contributed by atoms with van der Waals surface area (Å²) in [6.07, 6.45) is 0. The van der Waals surface area contributed by atoms with Crippen molar-refractivity contribution in [2.75, 3.05) is 25.2 Å². The summed E-state index contributed by atoms with van der Waals surface area (Å²) in [5.41, 5.74) is 0. The predicted molar refractivity (Wildman–Crippen MR) is 69.1 cm³/mol. The van der Waals surface area contributed by atoms with Crippen LogP contribution in [0.1, 0.15) is 25.6 Å². The average molecular weight is 273 g/mol. The summed E-state index contributed by atoms with van der Waals surface area (Å²) in [5, 5.41) is 3.76. The van der Waals surface area contributed by atoms with Crippen molar-refractivity contribution in [3.8, 4) is 0 Å². The van der Waals surface area contributed by atoms with Gasteiger partial charge in [-0.2, -0.15) is 16.7 Å². The molecule has 1 aromatic rings. The van der Waals surface area contributed by atoms with Crippen LogP contribution >= 0.6 is 11.8 Å². The van der Waals surface area contributed by atoms with Crippen LogP contribution in [-0.4, -0.2) is 46.1 Å². The molecule has 0 spiro atoms. The number of carbonyl (C=O) groups is 1. The molecule has 6 nitrogen and oxygen atoms in total. The zero-order chi connectivity index (χ0) is 13.4. The van der Waals surface area contributed by atoms with Crippen LogP contribution in [0.25, 0.3) is 0 Å². The molecule has 18 heavy (non-hydrogen) atoms. The summed E-state index contributed by atoms with van der Waals surface area (Å²) in [6, 6.07) is 0. The minimum atomic E-state index is 0.0934. The minimum absolute atomic E-state index is 0.0934. The Morgan fingerprint density at radius 2 is 2.28 bits per heavy atom. The van der Waals surface area contributed by atoms with Gasteiger partial charge in [-0.1, -0.05) is 12.1 Å². The van der Waals surface area contributed by atoms with E-state index in [1.807, 2.05) is 13.8 Å². The molecule has 0 aliphatic carbocycles. The van der Waals surface area contributed by atoms with E-state index in [1.165, 1.54) is 0 Å². The lowest BCUT2D eigenvalue weighted by molar-refractivity contribution is -0.129. The number of hydrogen-bond donors (Lipinski definition) is 0. The Morgan fingerprint density at radius 1 is 1.50 bits per heavy atom. The summed E-state index contributed by atoms with van der Waals surface area (Å²) >= 11 is 1.61. The second-order valence-corrected chi connectivity index (χ2v) is 4.86. The molecule has 0 aliphatic rings. The number of amides is 1. The van der Waals surface area contributed by atoms with Crippen molar-refractivity contribution >= 4 is 17.7 Å². The van der Waals surface area contributed by atoms with E-state index in [9.17, 15) is 4.79 Å². The van der Waals surface area contributed by atoms with Gasteiger partial charge in [0.05, 0.1) is 12.3 Å². The van der Waals surface area contributed by atoms with Gasteiger partial charge in [0.2, 0.25) is 11.8 Å². The van der Waals surface area contributed by atoms with Gasteiger partial charge >= 0.3 is 0 Å². The predicted octanol–water partition coefficient (Wildman–Crippen LogP) is 1.32. The summed E-state index contributed by atoms with van der Waals surface area (Å²) in [7, 11) is 1.57. The first kappa shape index (κ1) is 15.0. The fraction of sp³-hybridized carbons (Fsp3) is 0.727. The molecule has 102 valence electrons. The molecule has 0 saturated heterocycles. The zero-order valence-electron chi connectivity index (χ0n) is 11.0. The Morgan fingerprint density at radius 3 is 2.89 bits per heavy atom. The molecule has 7 heteroatoms. The normalized spacial score (nSPS) is 10.6. The van der Waals surface area contributed by atoms with Gasteiger partial charge in [-0.3, -0.25) is 4.79 Å². The number of rotatable bonds is 8. The third-order valence-corrected chi connectivity index (χ3v) is 3.13. The highest BCUT2D eigenvalue weighted by Gasteiger charge is 2.15. The minimum Gasteiger partial charge on any atom is -0.377 e. The van der Waals surface area contributed by atoms with Crippen LogP contribution in [0.15, 0.2) is 4.52 Å². The number of thioether (sulfide) groups is 1. The van der Waals surface area contributed by atoms with E-state index in [0.717, 1.165) is 5.75 Å². The zero-order valence-corrected chi connectivity index (χ0v) is 11.8. The Balaban J connectivity index is 2.53. The molecule has 1 amide bonds. The molecular weight excluding hydrogens is 254 g/mol. The van der Waals surface area contributed by atoms with E-state index < -0.39 is 0 Å². The van der Waals surface area contributed by atoms with Gasteiger partial charge in [0, 0.05) is 13.7 Å². The topological polar surface area (TPSA) is 68.5 Å². The maximum Gasteiger partial charge on any atom is 0.246 e. The number of hydrogen-bond acceptors (Lipinski definition) is 6. The molecule has 1 aromatic heterocycles. The number of carbonyl (C=O) groups excluding carboxylic acids is 1. The first-order valence-corrected chi connectivity index (χ1v) is 7.02. The Hall–Kier alpha value is -1.08. The number of ether oxygens (including phenoxy) is 1. The summed E-state index contributed by atoms with van der Waals surface area (Å²) in [5.74, 6) is 2.46. The largest absolute Gasteiger partial charge is 0.377 e. The summed E-state index contributed by atoms with van der Waals surface area (Å²) in [6.45, 7) is 5.26. The summed E-state index contributed by atoms with van der Waals surface area (Å²) < 4.78 is 9.97. The molecule has 0 aliphatic heterocycles. The molecule has 1 rings (SSSR count). The van der Waals surface area contributed by atoms with Gasteiger partial charge in [0.1, 0.15) is 6.61 Å². The first-order valence-electron chi connectivity index (χ1n) is 5.87. The third-order valence-electron chi connectivity index (χ3n) is 2.27. The van der Waals surface area contributed by atoms with Crippen LogP contribution in [0.5, 0.6) is 0 Å². The van der Waals surface area contributed by atoms with Crippen molar-refractivity contribution < 1.29 is 14.1 Å². The molecular formula is C11H19N3O3S. The highest BCUT2D eigenvalue weighted by Crippen LogP contribution is 2.07. The summed E-state index contributed by atoms with van der Waals surface area (Å²) in [4.78, 5) is 17.7. The maximum atomic E-state index is 11.9. The quantitative estimate of drug-likeness (QED) is 0.711. The van der Waals surface area contributed by atoms with Crippen LogP contribution in [0, 0.1) is 0 Å². The lowest BCUT2D eigenvalue weighted by Crippen LogP contribution is -2.31. The van der Waals surface area contributed by atoms with Crippen molar-refractivity contribution in [3.05, 3.63) is 11.7 Å². The Kier molecular flexibility index (Phi) is 6.74. The lowest BCUT2D eigenvalue weighted by Gasteiger charge is -2.18. The fourth-order valence-electron chi connectivity index (χ4n) is 1.36. The average Bonchev–Trinajstić information content (AvgIpc) is 2.81. The SMILES string of the molecule is CCSCC(=O)N(CC)Cc1nc(COC)no1. The van der Waals surface area contributed by atoms with Crippen molar-refractivity contribution in [2.24, 2.45) is 0 Å². The monoisotopic (exact) mass is 273 g/mol. The standard InChI is InChI=1S/C11H19N3O3S/c1-4-14(11(15)8-18-5-2)6-10-12-9(7-16-3)13-17-10/h4-8H2,1-3H3. The van der Waals surface area contributed by atoms with Crippen molar-refractivity contribution in [2.45, 2.75) is 27.0 Å². The number of methoxy groups -OCH3 is 1. The van der Waals surface area contributed by atoms with Gasteiger partial charge in [0.25, 0.3) is 0 Å². The van der Waals surface area contributed by atoms with Crippen LogP contribution in [0.3, 0.4) is 0 Å². The van der Waals surface area contributed by atoms with E-state index in [-0.39, 0.29) is 5.91 Å². The van der Waals surface area contributed by atoms with Crippen molar-refractivity contribution in [1.29, 1.82) is 0 Å². The highest BCUT2D eigenvalue weighted by atomic mass is 32.2.